The Bertz CT molecular complexity index is 873. The van der Waals surface area contributed by atoms with E-state index in [1.807, 2.05) is 0 Å². The van der Waals surface area contributed by atoms with Gasteiger partial charge in [0.1, 0.15) is 22.2 Å². The standard InChI is InChI=1S/C22H31N3O6S/c1-28-11-5-9-23-21(26)18-15-32-20(24-18)14-25(10-6-12-29-2)22(27)17-8-7-16(30-3)13-19(17)31-4/h7-8,13,15H,5-6,9-12,14H2,1-4H3,(H,23,26). The molecule has 0 saturated carbocycles. The van der Waals surface area contributed by atoms with Gasteiger partial charge in [-0.1, -0.05) is 0 Å². The van der Waals surface area contributed by atoms with Gasteiger partial charge in [0.2, 0.25) is 0 Å². The molecule has 32 heavy (non-hydrogen) atoms. The Kier molecular flexibility index (Phi) is 10.9. The fourth-order valence-corrected chi connectivity index (χ4v) is 3.75. The van der Waals surface area contributed by atoms with E-state index in [2.05, 4.69) is 10.3 Å². The van der Waals surface area contributed by atoms with Crippen LogP contribution in [-0.4, -0.2) is 76.4 Å². The molecule has 2 amide bonds. The number of ether oxygens (including phenoxy) is 4. The quantitative estimate of drug-likeness (QED) is 0.428. The summed E-state index contributed by atoms with van der Waals surface area (Å²) in [6.07, 6.45) is 1.39. The average molecular weight is 466 g/mol. The summed E-state index contributed by atoms with van der Waals surface area (Å²) in [5.74, 6) is 0.603. The smallest absolute Gasteiger partial charge is 0.270 e. The topological polar surface area (TPSA) is 99.2 Å². The molecule has 0 unspecified atom stereocenters. The highest BCUT2D eigenvalue weighted by Crippen LogP contribution is 2.26. The average Bonchev–Trinajstić information content (AvgIpc) is 3.29. The summed E-state index contributed by atoms with van der Waals surface area (Å²) in [5.41, 5.74) is 0.770. The Hall–Kier alpha value is -2.69. The second kappa shape index (κ2) is 13.7. The first-order valence-electron chi connectivity index (χ1n) is 10.3. The molecule has 0 spiro atoms. The molecule has 0 aliphatic carbocycles. The van der Waals surface area contributed by atoms with Crippen molar-refractivity contribution in [2.45, 2.75) is 19.4 Å². The van der Waals surface area contributed by atoms with Crippen LogP contribution in [0.5, 0.6) is 11.5 Å². The lowest BCUT2D eigenvalue weighted by Gasteiger charge is -2.23. The van der Waals surface area contributed by atoms with Crippen molar-refractivity contribution < 1.29 is 28.5 Å². The van der Waals surface area contributed by atoms with Crippen LogP contribution in [0.15, 0.2) is 23.6 Å². The molecule has 0 fully saturated rings. The van der Waals surface area contributed by atoms with E-state index in [9.17, 15) is 9.59 Å². The van der Waals surface area contributed by atoms with Gasteiger partial charge in [0.15, 0.2) is 0 Å². The molecule has 2 rings (SSSR count). The summed E-state index contributed by atoms with van der Waals surface area (Å²) < 4.78 is 20.7. The van der Waals surface area contributed by atoms with Crippen molar-refractivity contribution in [3.05, 3.63) is 39.8 Å². The predicted octanol–water partition coefficient (Wildman–Crippen LogP) is 2.61. The summed E-state index contributed by atoms with van der Waals surface area (Å²) in [7, 11) is 6.31. The van der Waals surface area contributed by atoms with Crippen LogP contribution in [0.4, 0.5) is 0 Å². The molecule has 9 nitrogen and oxygen atoms in total. The Morgan fingerprint density at radius 1 is 1.06 bits per heavy atom. The van der Waals surface area contributed by atoms with Crippen molar-refractivity contribution in [2.24, 2.45) is 0 Å². The molecule has 0 radical (unpaired) electrons. The van der Waals surface area contributed by atoms with E-state index >= 15 is 0 Å². The van der Waals surface area contributed by atoms with E-state index in [-0.39, 0.29) is 18.4 Å². The minimum absolute atomic E-state index is 0.193. The van der Waals surface area contributed by atoms with E-state index in [0.29, 0.717) is 60.5 Å². The monoisotopic (exact) mass is 465 g/mol. The SMILES string of the molecule is COCCCNC(=O)c1csc(CN(CCCOC)C(=O)c2ccc(OC)cc2OC)n1. The molecule has 1 aromatic heterocycles. The zero-order valence-corrected chi connectivity index (χ0v) is 19.8. The molecular weight excluding hydrogens is 434 g/mol. The number of rotatable bonds is 14. The van der Waals surface area contributed by atoms with Crippen LogP contribution in [0.25, 0.3) is 0 Å². The number of benzene rings is 1. The van der Waals surface area contributed by atoms with Crippen LogP contribution in [0, 0.1) is 0 Å². The highest BCUT2D eigenvalue weighted by molar-refractivity contribution is 7.09. The van der Waals surface area contributed by atoms with Crippen molar-refractivity contribution in [1.29, 1.82) is 0 Å². The molecule has 0 aliphatic heterocycles. The van der Waals surface area contributed by atoms with Crippen molar-refractivity contribution in [2.75, 3.05) is 54.7 Å². The number of hydrogen-bond donors (Lipinski definition) is 1. The van der Waals surface area contributed by atoms with Gasteiger partial charge in [-0.15, -0.1) is 11.3 Å². The number of aromatic nitrogens is 1. The van der Waals surface area contributed by atoms with Crippen molar-refractivity contribution >= 4 is 23.2 Å². The summed E-state index contributed by atoms with van der Waals surface area (Å²) in [4.78, 5) is 31.7. The summed E-state index contributed by atoms with van der Waals surface area (Å²) in [6, 6.07) is 5.08. The first-order valence-corrected chi connectivity index (χ1v) is 11.1. The summed E-state index contributed by atoms with van der Waals surface area (Å²) >= 11 is 1.34. The van der Waals surface area contributed by atoms with Gasteiger partial charge in [0.25, 0.3) is 11.8 Å². The van der Waals surface area contributed by atoms with Crippen LogP contribution in [0.2, 0.25) is 0 Å². The zero-order chi connectivity index (χ0) is 23.3. The lowest BCUT2D eigenvalue weighted by atomic mass is 10.1. The highest BCUT2D eigenvalue weighted by atomic mass is 32.1. The van der Waals surface area contributed by atoms with Gasteiger partial charge in [0, 0.05) is 52.0 Å². The number of nitrogens with zero attached hydrogens (tertiary/aromatic N) is 2. The Labute approximate surface area is 192 Å². The predicted molar refractivity (Wildman–Crippen MR) is 122 cm³/mol. The highest BCUT2D eigenvalue weighted by Gasteiger charge is 2.22. The molecule has 0 saturated heterocycles. The minimum atomic E-state index is -0.238. The number of thiazole rings is 1. The van der Waals surface area contributed by atoms with Gasteiger partial charge in [-0.3, -0.25) is 9.59 Å². The molecule has 2 aromatic rings. The van der Waals surface area contributed by atoms with E-state index in [1.165, 1.54) is 18.4 Å². The third-order valence-corrected chi connectivity index (χ3v) is 5.46. The zero-order valence-electron chi connectivity index (χ0n) is 19.0. The van der Waals surface area contributed by atoms with E-state index in [4.69, 9.17) is 18.9 Å². The Morgan fingerprint density at radius 2 is 1.81 bits per heavy atom. The fourth-order valence-electron chi connectivity index (χ4n) is 2.96. The van der Waals surface area contributed by atoms with Gasteiger partial charge >= 0.3 is 0 Å². The second-order valence-electron chi connectivity index (χ2n) is 6.87. The van der Waals surface area contributed by atoms with E-state index in [1.54, 1.807) is 49.8 Å². The number of carbonyl (C=O) groups excluding carboxylic acids is 2. The van der Waals surface area contributed by atoms with Crippen molar-refractivity contribution in [3.8, 4) is 11.5 Å². The maximum Gasteiger partial charge on any atom is 0.270 e. The number of amides is 2. The van der Waals surface area contributed by atoms with Crippen molar-refractivity contribution in [1.82, 2.24) is 15.2 Å². The summed E-state index contributed by atoms with van der Waals surface area (Å²) in [6.45, 7) is 2.37. The fraction of sp³-hybridized carbons (Fsp3) is 0.500. The van der Waals surface area contributed by atoms with Crippen LogP contribution in [-0.2, 0) is 16.0 Å². The van der Waals surface area contributed by atoms with E-state index in [0.717, 1.165) is 6.42 Å². The number of hydrogen-bond acceptors (Lipinski definition) is 8. The first-order chi connectivity index (χ1) is 15.5. The molecule has 1 aromatic carbocycles. The number of nitrogens with one attached hydrogen (secondary N) is 1. The third kappa shape index (κ3) is 7.47. The molecular formula is C22H31N3O6S. The Balaban J connectivity index is 2.13. The third-order valence-electron chi connectivity index (χ3n) is 4.62. The maximum atomic E-state index is 13.3. The molecule has 176 valence electrons. The minimum Gasteiger partial charge on any atom is -0.497 e. The lowest BCUT2D eigenvalue weighted by molar-refractivity contribution is 0.0720. The van der Waals surface area contributed by atoms with Gasteiger partial charge in [-0.2, -0.15) is 0 Å². The molecule has 10 heteroatoms. The summed E-state index contributed by atoms with van der Waals surface area (Å²) in [5, 5.41) is 5.19. The molecule has 1 heterocycles. The van der Waals surface area contributed by atoms with Gasteiger partial charge in [-0.25, -0.2) is 4.98 Å². The van der Waals surface area contributed by atoms with Crippen molar-refractivity contribution in [3.63, 3.8) is 0 Å². The number of methoxy groups -OCH3 is 4. The largest absolute Gasteiger partial charge is 0.497 e. The van der Waals surface area contributed by atoms with Gasteiger partial charge < -0.3 is 29.2 Å². The van der Waals surface area contributed by atoms with Gasteiger partial charge in [-0.05, 0) is 25.0 Å². The first kappa shape index (κ1) is 25.6. The normalized spacial score (nSPS) is 10.6. The lowest BCUT2D eigenvalue weighted by Crippen LogP contribution is -2.32. The molecule has 0 aliphatic rings. The Morgan fingerprint density at radius 3 is 2.50 bits per heavy atom. The van der Waals surface area contributed by atoms with E-state index < -0.39 is 0 Å². The number of carbonyl (C=O) groups is 2. The molecule has 0 bridgehead atoms. The molecule has 1 N–H and O–H groups in total. The molecule has 0 atom stereocenters. The van der Waals surface area contributed by atoms with Crippen LogP contribution in [0.1, 0.15) is 38.7 Å². The van der Waals surface area contributed by atoms with Crippen LogP contribution >= 0.6 is 11.3 Å². The second-order valence-corrected chi connectivity index (χ2v) is 7.81. The maximum absolute atomic E-state index is 13.3. The van der Waals surface area contributed by atoms with Gasteiger partial charge in [0.05, 0.1) is 26.3 Å². The van der Waals surface area contributed by atoms with Crippen LogP contribution in [0.3, 0.4) is 0 Å². The van der Waals surface area contributed by atoms with Crippen LogP contribution < -0.4 is 14.8 Å².